The Morgan fingerprint density at radius 3 is 2.76 bits per heavy atom. The maximum Gasteiger partial charge on any atom is 0.253 e. The zero-order valence-electron chi connectivity index (χ0n) is 14.9. The molecule has 1 amide bonds. The zero-order chi connectivity index (χ0) is 18.2. The molecule has 0 aliphatic heterocycles. The number of nitrogens with zero attached hydrogens (tertiary/aromatic N) is 1. The van der Waals surface area contributed by atoms with Gasteiger partial charge in [-0.05, 0) is 49.4 Å². The Bertz CT molecular complexity index is 786. The Labute approximate surface area is 152 Å². The van der Waals surface area contributed by atoms with E-state index in [1.54, 1.807) is 24.0 Å². The van der Waals surface area contributed by atoms with E-state index in [1.807, 2.05) is 32.2 Å². The maximum absolute atomic E-state index is 12.4. The number of carbonyl (C=O) groups excluding carboxylic acids is 1. The molecule has 1 heterocycles. The highest BCUT2D eigenvalue weighted by atomic mass is 32.2. The van der Waals surface area contributed by atoms with Crippen LogP contribution in [-0.4, -0.2) is 29.9 Å². The van der Waals surface area contributed by atoms with Gasteiger partial charge in [0.05, 0.1) is 12.2 Å². The van der Waals surface area contributed by atoms with Crippen LogP contribution in [0.2, 0.25) is 0 Å². The molecule has 0 unspecified atom stereocenters. The summed E-state index contributed by atoms with van der Waals surface area (Å²) in [6.07, 6.45) is 3.62. The molecule has 0 aliphatic carbocycles. The number of aromatic nitrogens is 1. The number of nitrogens with one attached hydrogen (secondary N) is 1. The predicted octanol–water partition coefficient (Wildman–Crippen LogP) is 2.85. The molecular formula is C19H24N2O3S. The molecule has 0 aliphatic rings. The third kappa shape index (κ3) is 5.47. The molecule has 2 rings (SSSR count). The molecule has 0 radical (unpaired) electrons. The van der Waals surface area contributed by atoms with Crippen LogP contribution in [-0.2, 0) is 17.8 Å². The van der Waals surface area contributed by atoms with Crippen molar-refractivity contribution in [3.63, 3.8) is 0 Å². The van der Waals surface area contributed by atoms with Crippen molar-refractivity contribution in [1.29, 1.82) is 0 Å². The van der Waals surface area contributed by atoms with Crippen molar-refractivity contribution in [2.24, 2.45) is 0 Å². The van der Waals surface area contributed by atoms with Gasteiger partial charge in [0.15, 0.2) is 0 Å². The number of hydrogen-bond donors (Lipinski definition) is 1. The quantitative estimate of drug-likeness (QED) is 0.581. The molecule has 134 valence electrons. The van der Waals surface area contributed by atoms with Crippen molar-refractivity contribution < 1.29 is 9.53 Å². The minimum atomic E-state index is -0.196. The van der Waals surface area contributed by atoms with Crippen LogP contribution in [0.25, 0.3) is 0 Å². The van der Waals surface area contributed by atoms with Crippen LogP contribution >= 0.6 is 11.8 Å². The van der Waals surface area contributed by atoms with E-state index in [0.29, 0.717) is 31.9 Å². The van der Waals surface area contributed by atoms with Crippen molar-refractivity contribution >= 4 is 17.7 Å². The van der Waals surface area contributed by atoms with Crippen LogP contribution in [0, 0.1) is 6.92 Å². The van der Waals surface area contributed by atoms with Gasteiger partial charge in [-0.15, -0.1) is 11.8 Å². The average molecular weight is 360 g/mol. The number of aryl methyl sites for hydroxylation is 1. The Morgan fingerprint density at radius 2 is 2.08 bits per heavy atom. The first-order chi connectivity index (χ1) is 12.0. The third-order valence-electron chi connectivity index (χ3n) is 3.92. The topological polar surface area (TPSA) is 60.3 Å². The number of thioether (sulfide) groups is 1. The number of benzene rings is 1. The lowest BCUT2D eigenvalue weighted by molar-refractivity contribution is 0.0949. The lowest BCUT2D eigenvalue weighted by Crippen LogP contribution is -2.27. The van der Waals surface area contributed by atoms with Crippen molar-refractivity contribution in [3.05, 3.63) is 63.6 Å². The molecule has 1 aromatic carbocycles. The van der Waals surface area contributed by atoms with E-state index >= 15 is 0 Å². The molecular weight excluding hydrogens is 336 g/mol. The molecule has 1 aromatic heterocycles. The van der Waals surface area contributed by atoms with E-state index in [-0.39, 0.29) is 11.5 Å². The van der Waals surface area contributed by atoms with Gasteiger partial charge in [-0.1, -0.05) is 6.07 Å². The van der Waals surface area contributed by atoms with Crippen molar-refractivity contribution in [2.45, 2.75) is 31.8 Å². The summed E-state index contributed by atoms with van der Waals surface area (Å²) < 4.78 is 6.77. The van der Waals surface area contributed by atoms with Gasteiger partial charge in [-0.3, -0.25) is 9.59 Å². The number of amides is 1. The fraction of sp³-hybridized carbons (Fsp3) is 0.368. The Balaban J connectivity index is 2.03. The van der Waals surface area contributed by atoms with Crippen LogP contribution in [0.4, 0.5) is 0 Å². The molecule has 0 spiro atoms. The van der Waals surface area contributed by atoms with E-state index in [2.05, 4.69) is 11.4 Å². The van der Waals surface area contributed by atoms with Gasteiger partial charge >= 0.3 is 0 Å². The normalized spacial score (nSPS) is 10.7. The molecule has 0 bridgehead atoms. The second-order valence-electron chi connectivity index (χ2n) is 5.62. The predicted molar refractivity (Wildman–Crippen MR) is 101 cm³/mol. The summed E-state index contributed by atoms with van der Waals surface area (Å²) in [7, 11) is 0. The van der Waals surface area contributed by atoms with E-state index < -0.39 is 0 Å². The lowest BCUT2D eigenvalue weighted by atomic mass is 10.1. The highest BCUT2D eigenvalue weighted by Crippen LogP contribution is 2.18. The summed E-state index contributed by atoms with van der Waals surface area (Å²) in [4.78, 5) is 25.4. The van der Waals surface area contributed by atoms with E-state index in [0.717, 1.165) is 11.1 Å². The van der Waals surface area contributed by atoms with Gasteiger partial charge in [-0.2, -0.15) is 0 Å². The fourth-order valence-electron chi connectivity index (χ4n) is 2.42. The van der Waals surface area contributed by atoms with Gasteiger partial charge in [0.2, 0.25) is 0 Å². The number of rotatable bonds is 8. The second kappa shape index (κ2) is 9.44. The standard InChI is InChI=1S/C19H24N2O3S/c1-4-24-10-9-21-13-16(6-8-18(21)22)19(23)20-12-15-5-7-17(25-3)11-14(15)2/h5-8,11,13H,4,9-10,12H2,1-3H3,(H,20,23). The maximum atomic E-state index is 12.4. The van der Waals surface area contributed by atoms with E-state index in [9.17, 15) is 9.59 Å². The first kappa shape index (κ1) is 19.3. The summed E-state index contributed by atoms with van der Waals surface area (Å²) >= 11 is 1.69. The highest BCUT2D eigenvalue weighted by molar-refractivity contribution is 7.98. The Kier molecular flexibility index (Phi) is 7.28. The first-order valence-corrected chi connectivity index (χ1v) is 9.47. The molecule has 0 atom stereocenters. The van der Waals surface area contributed by atoms with E-state index in [4.69, 9.17) is 4.74 Å². The molecule has 1 N–H and O–H groups in total. The molecule has 25 heavy (non-hydrogen) atoms. The molecule has 0 saturated heterocycles. The van der Waals surface area contributed by atoms with Crippen molar-refractivity contribution in [3.8, 4) is 0 Å². The highest BCUT2D eigenvalue weighted by Gasteiger charge is 2.09. The minimum Gasteiger partial charge on any atom is -0.380 e. The van der Waals surface area contributed by atoms with Crippen LogP contribution in [0.3, 0.4) is 0 Å². The Morgan fingerprint density at radius 1 is 1.28 bits per heavy atom. The Hall–Kier alpha value is -2.05. The summed E-state index contributed by atoms with van der Waals surface area (Å²) in [6.45, 7) is 5.88. The molecule has 2 aromatic rings. The number of hydrogen-bond acceptors (Lipinski definition) is 4. The number of ether oxygens (including phenoxy) is 1. The van der Waals surface area contributed by atoms with Gasteiger partial charge in [0.1, 0.15) is 0 Å². The third-order valence-corrected chi connectivity index (χ3v) is 4.64. The lowest BCUT2D eigenvalue weighted by Gasteiger charge is -2.11. The summed E-state index contributed by atoms with van der Waals surface area (Å²) in [5, 5.41) is 2.92. The zero-order valence-corrected chi connectivity index (χ0v) is 15.7. The number of pyridine rings is 1. The van der Waals surface area contributed by atoms with Gasteiger partial charge in [0.25, 0.3) is 11.5 Å². The summed E-state index contributed by atoms with van der Waals surface area (Å²) in [5.74, 6) is -0.196. The van der Waals surface area contributed by atoms with Crippen LogP contribution in [0.1, 0.15) is 28.4 Å². The SMILES string of the molecule is CCOCCn1cc(C(=O)NCc2ccc(SC)cc2C)ccc1=O. The summed E-state index contributed by atoms with van der Waals surface area (Å²) in [6, 6.07) is 9.16. The minimum absolute atomic E-state index is 0.139. The number of carbonyl (C=O) groups is 1. The molecule has 6 heteroatoms. The monoisotopic (exact) mass is 360 g/mol. The average Bonchev–Trinajstić information content (AvgIpc) is 2.62. The second-order valence-corrected chi connectivity index (χ2v) is 6.50. The van der Waals surface area contributed by atoms with E-state index in [1.165, 1.54) is 15.5 Å². The molecule has 0 fully saturated rings. The molecule has 5 nitrogen and oxygen atoms in total. The smallest absolute Gasteiger partial charge is 0.253 e. The van der Waals surface area contributed by atoms with Crippen LogP contribution in [0.5, 0.6) is 0 Å². The molecule has 0 saturated carbocycles. The van der Waals surface area contributed by atoms with Gasteiger partial charge in [0, 0.05) is 36.9 Å². The first-order valence-electron chi connectivity index (χ1n) is 8.25. The van der Waals surface area contributed by atoms with Gasteiger partial charge < -0.3 is 14.6 Å². The summed E-state index contributed by atoms with van der Waals surface area (Å²) in [5.41, 5.74) is 2.55. The van der Waals surface area contributed by atoms with Crippen molar-refractivity contribution in [1.82, 2.24) is 9.88 Å². The van der Waals surface area contributed by atoms with Crippen LogP contribution in [0.15, 0.2) is 46.2 Å². The van der Waals surface area contributed by atoms with Gasteiger partial charge in [-0.25, -0.2) is 0 Å². The fourth-order valence-corrected chi connectivity index (χ4v) is 2.92. The largest absolute Gasteiger partial charge is 0.380 e. The van der Waals surface area contributed by atoms with Crippen LogP contribution < -0.4 is 10.9 Å². The van der Waals surface area contributed by atoms with Crippen molar-refractivity contribution in [2.75, 3.05) is 19.5 Å².